The topological polar surface area (TPSA) is 69.1 Å². The lowest BCUT2D eigenvalue weighted by molar-refractivity contribution is -0.122. The normalized spacial score (nSPS) is 28.2. The smallest absolute Gasteiger partial charge is 0.237 e. The van der Waals surface area contributed by atoms with Crippen LogP contribution in [0.2, 0.25) is 0 Å². The second-order valence-electron chi connectivity index (χ2n) is 4.46. The molecule has 0 aliphatic heterocycles. The Morgan fingerprint density at radius 1 is 1.53 bits per heavy atom. The van der Waals surface area contributed by atoms with E-state index in [1.807, 2.05) is 12.1 Å². The Labute approximate surface area is 113 Å². The van der Waals surface area contributed by atoms with Crippen LogP contribution in [0.15, 0.2) is 33.6 Å². The Bertz CT molecular complexity index is 440. The van der Waals surface area contributed by atoms with Crippen LogP contribution in [-0.2, 0) is 4.79 Å². The lowest BCUT2D eigenvalue weighted by Crippen LogP contribution is -2.50. The van der Waals surface area contributed by atoms with Gasteiger partial charge in [0.1, 0.15) is 0 Å². The van der Waals surface area contributed by atoms with Gasteiger partial charge in [-0.15, -0.1) is 11.8 Å². The maximum atomic E-state index is 11.3. The van der Waals surface area contributed by atoms with Crippen molar-refractivity contribution in [2.45, 2.75) is 34.9 Å². The Balaban J connectivity index is 2.01. The molecule has 2 unspecified atom stereocenters. The molecule has 0 aromatic heterocycles. The molecule has 0 spiro atoms. The van der Waals surface area contributed by atoms with Gasteiger partial charge in [-0.05, 0) is 37.5 Å². The SMILES string of the molecule is NC(=O)C1(N)CCC(Sc2cccc(Br)c2)C1. The molecule has 1 saturated carbocycles. The van der Waals surface area contributed by atoms with E-state index >= 15 is 0 Å². The van der Waals surface area contributed by atoms with Crippen molar-refractivity contribution in [3.05, 3.63) is 28.7 Å². The van der Waals surface area contributed by atoms with Crippen LogP contribution in [0.25, 0.3) is 0 Å². The van der Waals surface area contributed by atoms with Crippen LogP contribution < -0.4 is 11.5 Å². The molecule has 1 aromatic carbocycles. The molecule has 4 N–H and O–H groups in total. The molecule has 92 valence electrons. The lowest BCUT2D eigenvalue weighted by atomic mass is 9.99. The summed E-state index contributed by atoms with van der Waals surface area (Å²) >= 11 is 5.21. The van der Waals surface area contributed by atoms with Gasteiger partial charge in [-0.1, -0.05) is 22.0 Å². The molecule has 3 nitrogen and oxygen atoms in total. The number of nitrogens with two attached hydrogens (primary N) is 2. The Morgan fingerprint density at radius 3 is 2.88 bits per heavy atom. The molecule has 1 aliphatic carbocycles. The largest absolute Gasteiger partial charge is 0.368 e. The van der Waals surface area contributed by atoms with Crippen molar-refractivity contribution in [3.63, 3.8) is 0 Å². The van der Waals surface area contributed by atoms with Crippen molar-refractivity contribution in [1.29, 1.82) is 0 Å². The first-order valence-corrected chi connectivity index (χ1v) is 7.18. The van der Waals surface area contributed by atoms with Crippen LogP contribution in [0.4, 0.5) is 0 Å². The Kier molecular flexibility index (Phi) is 3.80. The van der Waals surface area contributed by atoms with E-state index in [1.54, 1.807) is 11.8 Å². The second kappa shape index (κ2) is 5.00. The minimum Gasteiger partial charge on any atom is -0.368 e. The van der Waals surface area contributed by atoms with Gasteiger partial charge in [0, 0.05) is 14.6 Å². The number of rotatable bonds is 3. The number of carbonyl (C=O) groups is 1. The van der Waals surface area contributed by atoms with Gasteiger partial charge in [0.05, 0.1) is 5.54 Å². The van der Waals surface area contributed by atoms with Crippen molar-refractivity contribution in [1.82, 2.24) is 0 Å². The van der Waals surface area contributed by atoms with Crippen molar-refractivity contribution >= 4 is 33.6 Å². The van der Waals surface area contributed by atoms with Gasteiger partial charge in [0.2, 0.25) is 5.91 Å². The first-order valence-electron chi connectivity index (χ1n) is 5.51. The van der Waals surface area contributed by atoms with E-state index in [-0.39, 0.29) is 5.91 Å². The maximum absolute atomic E-state index is 11.3. The molecule has 1 aliphatic rings. The predicted molar refractivity (Wildman–Crippen MR) is 73.8 cm³/mol. The summed E-state index contributed by atoms with van der Waals surface area (Å²) in [6.45, 7) is 0. The quantitative estimate of drug-likeness (QED) is 0.899. The number of amides is 1. The van der Waals surface area contributed by atoms with Crippen molar-refractivity contribution in [2.24, 2.45) is 11.5 Å². The first-order chi connectivity index (χ1) is 7.99. The summed E-state index contributed by atoms with van der Waals surface area (Å²) < 4.78 is 1.06. The molecule has 0 bridgehead atoms. The van der Waals surface area contributed by atoms with Gasteiger partial charge in [-0.2, -0.15) is 0 Å². The molecule has 1 fully saturated rings. The van der Waals surface area contributed by atoms with Crippen LogP contribution in [0.1, 0.15) is 19.3 Å². The van der Waals surface area contributed by atoms with E-state index in [0.717, 1.165) is 10.9 Å². The third-order valence-corrected chi connectivity index (χ3v) is 4.85. The molecule has 2 atom stereocenters. The predicted octanol–water partition coefficient (Wildman–Crippen LogP) is 2.28. The summed E-state index contributed by atoms with van der Waals surface area (Å²) in [7, 11) is 0. The number of benzene rings is 1. The van der Waals surface area contributed by atoms with Crippen LogP contribution in [0.5, 0.6) is 0 Å². The highest BCUT2D eigenvalue weighted by Crippen LogP contribution is 2.39. The highest BCUT2D eigenvalue weighted by atomic mass is 79.9. The molecular formula is C12H15BrN2OS. The summed E-state index contributed by atoms with van der Waals surface area (Å²) in [6.07, 6.45) is 2.30. The molecule has 1 amide bonds. The standard InChI is InChI=1S/C12H15BrN2OS/c13-8-2-1-3-9(6-8)17-10-4-5-12(15,7-10)11(14)16/h1-3,6,10H,4-5,7,15H2,(H2,14,16). The van der Waals surface area contributed by atoms with E-state index in [4.69, 9.17) is 11.5 Å². The van der Waals surface area contributed by atoms with Crippen LogP contribution in [-0.4, -0.2) is 16.7 Å². The fourth-order valence-electron chi connectivity index (χ4n) is 2.09. The number of hydrogen-bond donors (Lipinski definition) is 2. The molecule has 2 rings (SSSR count). The van der Waals surface area contributed by atoms with Crippen LogP contribution in [0, 0.1) is 0 Å². The van der Waals surface area contributed by atoms with Crippen molar-refractivity contribution < 1.29 is 4.79 Å². The number of thioether (sulfide) groups is 1. The van der Waals surface area contributed by atoms with E-state index < -0.39 is 5.54 Å². The fraction of sp³-hybridized carbons (Fsp3) is 0.417. The summed E-state index contributed by atoms with van der Waals surface area (Å²) in [6, 6.07) is 8.14. The minimum atomic E-state index is -0.802. The zero-order chi connectivity index (χ0) is 12.5. The van der Waals surface area contributed by atoms with Gasteiger partial charge in [0.25, 0.3) is 0 Å². The third kappa shape index (κ3) is 3.03. The molecule has 0 saturated heterocycles. The zero-order valence-corrected chi connectivity index (χ0v) is 11.8. The zero-order valence-electron chi connectivity index (χ0n) is 9.36. The average Bonchev–Trinajstić information content (AvgIpc) is 2.61. The number of halogens is 1. The minimum absolute atomic E-state index is 0.377. The van der Waals surface area contributed by atoms with E-state index in [2.05, 4.69) is 28.1 Å². The van der Waals surface area contributed by atoms with Crippen LogP contribution in [0.3, 0.4) is 0 Å². The maximum Gasteiger partial charge on any atom is 0.237 e. The highest BCUT2D eigenvalue weighted by molar-refractivity contribution is 9.10. The molecule has 1 aromatic rings. The van der Waals surface area contributed by atoms with Crippen molar-refractivity contribution in [2.75, 3.05) is 0 Å². The Morgan fingerprint density at radius 2 is 2.29 bits per heavy atom. The Hall–Kier alpha value is -0.520. The molecule has 0 radical (unpaired) electrons. The summed E-state index contributed by atoms with van der Waals surface area (Å²) in [5.74, 6) is -0.380. The summed E-state index contributed by atoms with van der Waals surface area (Å²) in [5.41, 5.74) is 10.5. The average molecular weight is 315 g/mol. The van der Waals surface area contributed by atoms with E-state index in [9.17, 15) is 4.79 Å². The molecular weight excluding hydrogens is 300 g/mol. The van der Waals surface area contributed by atoms with Gasteiger partial charge < -0.3 is 11.5 Å². The fourth-order valence-corrected chi connectivity index (χ4v) is 3.99. The van der Waals surface area contributed by atoms with E-state index in [1.165, 1.54) is 4.90 Å². The summed E-state index contributed by atoms with van der Waals surface area (Å²) in [5, 5.41) is 0.377. The third-order valence-electron chi connectivity index (χ3n) is 3.09. The number of hydrogen-bond acceptors (Lipinski definition) is 3. The molecule has 17 heavy (non-hydrogen) atoms. The number of carbonyl (C=O) groups excluding carboxylic acids is 1. The first kappa shape index (κ1) is 12.9. The number of primary amides is 1. The van der Waals surface area contributed by atoms with E-state index in [0.29, 0.717) is 18.1 Å². The van der Waals surface area contributed by atoms with Gasteiger partial charge in [0.15, 0.2) is 0 Å². The monoisotopic (exact) mass is 314 g/mol. The second-order valence-corrected chi connectivity index (χ2v) is 6.75. The van der Waals surface area contributed by atoms with Crippen molar-refractivity contribution in [3.8, 4) is 0 Å². The molecule has 5 heteroatoms. The van der Waals surface area contributed by atoms with Crippen LogP contribution >= 0.6 is 27.7 Å². The highest BCUT2D eigenvalue weighted by Gasteiger charge is 2.40. The van der Waals surface area contributed by atoms with Gasteiger partial charge >= 0.3 is 0 Å². The lowest BCUT2D eigenvalue weighted by Gasteiger charge is -2.19. The van der Waals surface area contributed by atoms with Gasteiger partial charge in [-0.3, -0.25) is 4.79 Å². The molecule has 0 heterocycles. The van der Waals surface area contributed by atoms with Gasteiger partial charge in [-0.25, -0.2) is 0 Å². The summed E-state index contributed by atoms with van der Waals surface area (Å²) in [4.78, 5) is 12.4.